The first kappa shape index (κ1) is 13.1. The SMILES string of the molecule is CCCC(O)C(CC)n1c(C)nc2ccccc21. The van der Waals surface area contributed by atoms with Gasteiger partial charge in [0.1, 0.15) is 5.82 Å². The number of nitrogens with zero attached hydrogens (tertiary/aromatic N) is 2. The van der Waals surface area contributed by atoms with Gasteiger partial charge in [-0.15, -0.1) is 0 Å². The maximum Gasteiger partial charge on any atom is 0.107 e. The van der Waals surface area contributed by atoms with Crippen LogP contribution in [0.1, 0.15) is 45.0 Å². The molecule has 0 amide bonds. The second-order valence-corrected chi connectivity index (χ2v) is 4.85. The Morgan fingerprint density at radius 1 is 1.28 bits per heavy atom. The minimum Gasteiger partial charge on any atom is -0.391 e. The van der Waals surface area contributed by atoms with Gasteiger partial charge in [-0.25, -0.2) is 4.98 Å². The van der Waals surface area contributed by atoms with E-state index in [1.54, 1.807) is 0 Å². The van der Waals surface area contributed by atoms with E-state index in [0.717, 1.165) is 36.1 Å². The molecule has 1 aromatic heterocycles. The Morgan fingerprint density at radius 2 is 2.00 bits per heavy atom. The smallest absolute Gasteiger partial charge is 0.107 e. The minimum absolute atomic E-state index is 0.123. The number of fused-ring (bicyclic) bond motifs is 1. The van der Waals surface area contributed by atoms with Crippen molar-refractivity contribution in [1.29, 1.82) is 0 Å². The number of rotatable bonds is 5. The molecule has 3 heteroatoms. The van der Waals surface area contributed by atoms with E-state index in [1.165, 1.54) is 0 Å². The summed E-state index contributed by atoms with van der Waals surface area (Å²) in [5, 5.41) is 10.3. The summed E-state index contributed by atoms with van der Waals surface area (Å²) in [7, 11) is 0. The zero-order valence-corrected chi connectivity index (χ0v) is 11.4. The number of hydrogen-bond donors (Lipinski definition) is 1. The van der Waals surface area contributed by atoms with Crippen molar-refractivity contribution in [2.45, 2.75) is 52.2 Å². The number of aliphatic hydroxyl groups excluding tert-OH is 1. The predicted octanol–water partition coefficient (Wildman–Crippen LogP) is 3.46. The largest absolute Gasteiger partial charge is 0.391 e. The van der Waals surface area contributed by atoms with Crippen LogP contribution < -0.4 is 0 Å². The molecule has 0 saturated carbocycles. The lowest BCUT2D eigenvalue weighted by atomic mass is 10.0. The summed E-state index contributed by atoms with van der Waals surface area (Å²) in [5.41, 5.74) is 2.13. The molecule has 1 heterocycles. The highest BCUT2D eigenvalue weighted by Crippen LogP contribution is 2.26. The molecule has 3 nitrogen and oxygen atoms in total. The third kappa shape index (κ3) is 2.27. The molecule has 0 saturated heterocycles. The fourth-order valence-electron chi connectivity index (χ4n) is 2.70. The molecule has 0 aliphatic heterocycles. The van der Waals surface area contributed by atoms with Gasteiger partial charge < -0.3 is 9.67 Å². The van der Waals surface area contributed by atoms with Gasteiger partial charge in [-0.3, -0.25) is 0 Å². The Labute approximate surface area is 108 Å². The van der Waals surface area contributed by atoms with Crippen LogP contribution in [0, 0.1) is 6.92 Å². The van der Waals surface area contributed by atoms with Crippen molar-refractivity contribution in [2.75, 3.05) is 0 Å². The molecular weight excluding hydrogens is 224 g/mol. The van der Waals surface area contributed by atoms with Crippen LogP contribution in [0.15, 0.2) is 24.3 Å². The number of benzene rings is 1. The Morgan fingerprint density at radius 3 is 2.67 bits per heavy atom. The standard InChI is InChI=1S/C15H22N2O/c1-4-8-15(18)13(5-2)17-11(3)16-12-9-6-7-10-14(12)17/h6-7,9-10,13,15,18H,4-5,8H2,1-3H3. The van der Waals surface area contributed by atoms with Crippen LogP contribution in [-0.4, -0.2) is 20.8 Å². The summed E-state index contributed by atoms with van der Waals surface area (Å²) in [5.74, 6) is 0.984. The van der Waals surface area contributed by atoms with Gasteiger partial charge in [0.05, 0.1) is 23.2 Å². The van der Waals surface area contributed by atoms with Gasteiger partial charge in [0.2, 0.25) is 0 Å². The van der Waals surface area contributed by atoms with Gasteiger partial charge >= 0.3 is 0 Å². The van der Waals surface area contributed by atoms with Crippen molar-refractivity contribution >= 4 is 11.0 Å². The van der Waals surface area contributed by atoms with Crippen LogP contribution in [0.4, 0.5) is 0 Å². The van der Waals surface area contributed by atoms with Crippen LogP contribution in [0.5, 0.6) is 0 Å². The summed E-state index contributed by atoms with van der Waals surface area (Å²) in [6.45, 7) is 6.24. The topological polar surface area (TPSA) is 38.0 Å². The first-order chi connectivity index (χ1) is 8.69. The van der Waals surface area contributed by atoms with Gasteiger partial charge in [-0.1, -0.05) is 32.4 Å². The van der Waals surface area contributed by atoms with Crippen LogP contribution in [0.2, 0.25) is 0 Å². The molecule has 1 aromatic carbocycles. The van der Waals surface area contributed by atoms with Gasteiger partial charge in [0.15, 0.2) is 0 Å². The Bertz CT molecular complexity index is 518. The van der Waals surface area contributed by atoms with Crippen molar-refractivity contribution in [3.05, 3.63) is 30.1 Å². The van der Waals surface area contributed by atoms with Crippen molar-refractivity contribution in [3.63, 3.8) is 0 Å². The van der Waals surface area contributed by atoms with Gasteiger partial charge in [0.25, 0.3) is 0 Å². The molecule has 2 aromatic rings. The van der Waals surface area contributed by atoms with E-state index in [2.05, 4.69) is 29.5 Å². The molecule has 18 heavy (non-hydrogen) atoms. The molecule has 0 fully saturated rings. The molecule has 0 aliphatic carbocycles. The quantitative estimate of drug-likeness (QED) is 0.877. The Kier molecular flexibility index (Phi) is 4.02. The van der Waals surface area contributed by atoms with E-state index in [1.807, 2.05) is 25.1 Å². The lowest BCUT2D eigenvalue weighted by Gasteiger charge is -2.24. The van der Waals surface area contributed by atoms with E-state index in [9.17, 15) is 5.11 Å². The van der Waals surface area contributed by atoms with Crippen LogP contribution in [0.3, 0.4) is 0 Å². The maximum atomic E-state index is 10.3. The van der Waals surface area contributed by atoms with Crippen molar-refractivity contribution in [1.82, 2.24) is 9.55 Å². The number of para-hydroxylation sites is 2. The molecule has 2 unspecified atom stereocenters. The van der Waals surface area contributed by atoms with E-state index in [0.29, 0.717) is 0 Å². The molecule has 0 radical (unpaired) electrons. The third-order valence-electron chi connectivity index (χ3n) is 3.55. The Balaban J connectivity index is 2.47. The molecule has 2 rings (SSSR count). The summed E-state index contributed by atoms with van der Waals surface area (Å²) in [6.07, 6.45) is 2.46. The van der Waals surface area contributed by atoms with E-state index < -0.39 is 0 Å². The van der Waals surface area contributed by atoms with Crippen molar-refractivity contribution in [3.8, 4) is 0 Å². The van der Waals surface area contributed by atoms with Gasteiger partial charge in [-0.05, 0) is 31.9 Å². The molecule has 0 spiro atoms. The average molecular weight is 246 g/mol. The minimum atomic E-state index is -0.295. The molecule has 2 atom stereocenters. The normalized spacial score (nSPS) is 14.9. The second kappa shape index (κ2) is 5.53. The maximum absolute atomic E-state index is 10.3. The summed E-state index contributed by atoms with van der Waals surface area (Å²) >= 11 is 0. The average Bonchev–Trinajstić information content (AvgIpc) is 2.68. The van der Waals surface area contributed by atoms with Crippen molar-refractivity contribution < 1.29 is 5.11 Å². The molecule has 1 N–H and O–H groups in total. The van der Waals surface area contributed by atoms with E-state index in [-0.39, 0.29) is 12.1 Å². The lowest BCUT2D eigenvalue weighted by Crippen LogP contribution is -2.24. The monoisotopic (exact) mass is 246 g/mol. The van der Waals surface area contributed by atoms with Gasteiger partial charge in [-0.2, -0.15) is 0 Å². The highest BCUT2D eigenvalue weighted by Gasteiger charge is 2.22. The molecular formula is C15H22N2O. The third-order valence-corrected chi connectivity index (χ3v) is 3.55. The van der Waals surface area contributed by atoms with Crippen LogP contribution >= 0.6 is 0 Å². The number of hydrogen-bond acceptors (Lipinski definition) is 2. The highest BCUT2D eigenvalue weighted by molar-refractivity contribution is 5.76. The fraction of sp³-hybridized carbons (Fsp3) is 0.533. The summed E-state index contributed by atoms with van der Waals surface area (Å²) < 4.78 is 2.19. The van der Waals surface area contributed by atoms with E-state index >= 15 is 0 Å². The number of aryl methyl sites for hydroxylation is 1. The molecule has 98 valence electrons. The zero-order valence-electron chi connectivity index (χ0n) is 11.4. The predicted molar refractivity (Wildman–Crippen MR) is 74.7 cm³/mol. The lowest BCUT2D eigenvalue weighted by molar-refractivity contribution is 0.101. The van der Waals surface area contributed by atoms with Crippen LogP contribution in [0.25, 0.3) is 11.0 Å². The van der Waals surface area contributed by atoms with E-state index in [4.69, 9.17) is 0 Å². The van der Waals surface area contributed by atoms with Crippen molar-refractivity contribution in [2.24, 2.45) is 0 Å². The van der Waals surface area contributed by atoms with Gasteiger partial charge in [0, 0.05) is 0 Å². The first-order valence-electron chi connectivity index (χ1n) is 6.80. The summed E-state index contributed by atoms with van der Waals surface area (Å²) in [6, 6.07) is 8.26. The summed E-state index contributed by atoms with van der Waals surface area (Å²) in [4.78, 5) is 4.58. The fourth-order valence-corrected chi connectivity index (χ4v) is 2.70. The zero-order chi connectivity index (χ0) is 13.1. The number of imidazole rings is 1. The van der Waals surface area contributed by atoms with Crippen LogP contribution in [-0.2, 0) is 0 Å². The first-order valence-corrected chi connectivity index (χ1v) is 6.80. The number of aliphatic hydroxyl groups is 1. The number of aromatic nitrogens is 2. The molecule has 0 bridgehead atoms. The Hall–Kier alpha value is -1.35. The molecule has 0 aliphatic rings. The second-order valence-electron chi connectivity index (χ2n) is 4.85. The highest BCUT2D eigenvalue weighted by atomic mass is 16.3.